The molecule has 19 heavy (non-hydrogen) atoms. The first-order valence-electron chi connectivity index (χ1n) is 7.23. The summed E-state index contributed by atoms with van der Waals surface area (Å²) in [4.78, 5) is 0. The summed E-state index contributed by atoms with van der Waals surface area (Å²) in [5.74, 6) is 0.253. The van der Waals surface area contributed by atoms with Crippen LogP contribution in [0.25, 0.3) is 0 Å². The highest BCUT2D eigenvalue weighted by atomic mass is 16.3. The Morgan fingerprint density at radius 1 is 1.16 bits per heavy atom. The van der Waals surface area contributed by atoms with Gasteiger partial charge in [-0.2, -0.15) is 0 Å². The molecule has 0 aromatic heterocycles. The molecule has 1 aliphatic rings. The molecule has 1 saturated heterocycles. The van der Waals surface area contributed by atoms with Crippen molar-refractivity contribution in [3.8, 4) is 0 Å². The van der Waals surface area contributed by atoms with Crippen LogP contribution in [0.5, 0.6) is 0 Å². The molecule has 2 rings (SSSR count). The number of hydrogen-bond acceptors (Lipinski definition) is 2. The number of aliphatic hydroxyl groups is 1. The van der Waals surface area contributed by atoms with Gasteiger partial charge in [-0.05, 0) is 53.0 Å². The largest absolute Gasteiger partial charge is 0.393 e. The molecule has 2 heteroatoms. The number of piperidine rings is 1. The first kappa shape index (κ1) is 14.5. The highest BCUT2D eigenvalue weighted by molar-refractivity contribution is 5.23. The Hall–Kier alpha value is -0.860. The molecule has 1 heterocycles. The third kappa shape index (κ3) is 3.37. The van der Waals surface area contributed by atoms with Gasteiger partial charge in [0.1, 0.15) is 0 Å². The Kier molecular flexibility index (Phi) is 3.76. The predicted molar refractivity (Wildman–Crippen MR) is 80.3 cm³/mol. The van der Waals surface area contributed by atoms with Gasteiger partial charge in [-0.15, -0.1) is 0 Å². The lowest BCUT2D eigenvalue weighted by Crippen LogP contribution is -2.64. The summed E-state index contributed by atoms with van der Waals surface area (Å²) in [6.07, 6.45) is 1.50. The molecule has 0 amide bonds. The van der Waals surface area contributed by atoms with Crippen LogP contribution in [-0.4, -0.2) is 22.3 Å². The average molecular weight is 261 g/mol. The minimum atomic E-state index is -0.243. The van der Waals surface area contributed by atoms with E-state index in [1.54, 1.807) is 0 Å². The highest BCUT2D eigenvalue weighted by Gasteiger charge is 2.44. The Bertz CT molecular complexity index is 433. The summed E-state index contributed by atoms with van der Waals surface area (Å²) in [6, 6.07) is 8.65. The number of aliphatic hydroxyl groups excluding tert-OH is 1. The zero-order valence-electron chi connectivity index (χ0n) is 12.8. The van der Waals surface area contributed by atoms with Gasteiger partial charge in [-0.25, -0.2) is 0 Å². The van der Waals surface area contributed by atoms with E-state index in [-0.39, 0.29) is 23.1 Å². The Morgan fingerprint density at radius 3 is 2.26 bits per heavy atom. The lowest BCUT2D eigenvalue weighted by Gasteiger charge is -2.50. The number of benzene rings is 1. The van der Waals surface area contributed by atoms with Crippen LogP contribution in [0.2, 0.25) is 0 Å². The predicted octanol–water partition coefficient (Wildman–Crippen LogP) is 3.07. The van der Waals surface area contributed by atoms with Crippen molar-refractivity contribution >= 4 is 0 Å². The minimum Gasteiger partial charge on any atom is -0.393 e. The standard InChI is InChI=1S/C17H27NO/c1-12-6-8-13(9-7-12)10-14-15(19)11-16(2,3)18-17(14,4)5/h6-9,14-15,18-19H,10-11H2,1-5H3. The fourth-order valence-corrected chi connectivity index (χ4v) is 3.53. The maximum absolute atomic E-state index is 10.5. The molecule has 2 atom stereocenters. The topological polar surface area (TPSA) is 32.3 Å². The van der Waals surface area contributed by atoms with Crippen molar-refractivity contribution in [3.05, 3.63) is 35.4 Å². The van der Waals surface area contributed by atoms with Crippen LogP contribution in [-0.2, 0) is 6.42 Å². The molecule has 106 valence electrons. The van der Waals surface area contributed by atoms with Crippen molar-refractivity contribution in [1.29, 1.82) is 0 Å². The molecule has 1 aromatic carbocycles. The lowest BCUT2D eigenvalue weighted by molar-refractivity contribution is -0.0211. The molecule has 2 N–H and O–H groups in total. The van der Waals surface area contributed by atoms with Crippen LogP contribution in [0.3, 0.4) is 0 Å². The van der Waals surface area contributed by atoms with E-state index >= 15 is 0 Å². The summed E-state index contributed by atoms with van der Waals surface area (Å²) >= 11 is 0. The average Bonchev–Trinajstić information content (AvgIpc) is 2.23. The first-order valence-corrected chi connectivity index (χ1v) is 7.23. The molecule has 0 saturated carbocycles. The van der Waals surface area contributed by atoms with Gasteiger partial charge in [0.2, 0.25) is 0 Å². The SMILES string of the molecule is Cc1ccc(CC2C(O)CC(C)(C)NC2(C)C)cc1. The number of aryl methyl sites for hydroxylation is 1. The van der Waals surface area contributed by atoms with Gasteiger partial charge in [-0.1, -0.05) is 29.8 Å². The van der Waals surface area contributed by atoms with E-state index in [9.17, 15) is 5.11 Å². The number of rotatable bonds is 2. The number of nitrogens with one attached hydrogen (secondary N) is 1. The minimum absolute atomic E-state index is 0.00664. The second-order valence-corrected chi connectivity index (χ2v) is 7.30. The summed E-state index contributed by atoms with van der Waals surface area (Å²) in [5, 5.41) is 14.2. The van der Waals surface area contributed by atoms with Crippen molar-refractivity contribution in [3.63, 3.8) is 0 Å². The summed E-state index contributed by atoms with van der Waals surface area (Å²) < 4.78 is 0. The quantitative estimate of drug-likeness (QED) is 0.857. The van der Waals surface area contributed by atoms with Crippen LogP contribution in [0.1, 0.15) is 45.2 Å². The van der Waals surface area contributed by atoms with Crippen molar-refractivity contribution in [1.82, 2.24) is 5.32 Å². The monoisotopic (exact) mass is 261 g/mol. The maximum Gasteiger partial charge on any atom is 0.0606 e. The van der Waals surface area contributed by atoms with E-state index in [4.69, 9.17) is 0 Å². The molecule has 2 unspecified atom stereocenters. The van der Waals surface area contributed by atoms with Crippen LogP contribution in [0.15, 0.2) is 24.3 Å². The molecular formula is C17H27NO. The van der Waals surface area contributed by atoms with Crippen LogP contribution < -0.4 is 5.32 Å². The van der Waals surface area contributed by atoms with Crippen molar-refractivity contribution in [2.24, 2.45) is 5.92 Å². The van der Waals surface area contributed by atoms with E-state index in [2.05, 4.69) is 64.2 Å². The first-order chi connectivity index (χ1) is 8.70. The van der Waals surface area contributed by atoms with Gasteiger partial charge in [-0.3, -0.25) is 0 Å². The van der Waals surface area contributed by atoms with E-state index in [1.807, 2.05) is 0 Å². The molecule has 1 aromatic rings. The fraction of sp³-hybridized carbons (Fsp3) is 0.647. The third-order valence-electron chi connectivity index (χ3n) is 4.35. The van der Waals surface area contributed by atoms with Gasteiger partial charge >= 0.3 is 0 Å². The van der Waals surface area contributed by atoms with Gasteiger partial charge in [0, 0.05) is 17.0 Å². The molecule has 0 bridgehead atoms. The van der Waals surface area contributed by atoms with Gasteiger partial charge in [0.05, 0.1) is 6.10 Å². The normalized spacial score (nSPS) is 29.2. The number of hydrogen-bond donors (Lipinski definition) is 2. The van der Waals surface area contributed by atoms with Gasteiger partial charge in [0.25, 0.3) is 0 Å². The third-order valence-corrected chi connectivity index (χ3v) is 4.35. The van der Waals surface area contributed by atoms with Crippen LogP contribution >= 0.6 is 0 Å². The van der Waals surface area contributed by atoms with Crippen molar-refractivity contribution in [2.75, 3.05) is 0 Å². The van der Waals surface area contributed by atoms with Gasteiger partial charge < -0.3 is 10.4 Å². The highest BCUT2D eigenvalue weighted by Crippen LogP contribution is 2.35. The molecule has 1 aliphatic heterocycles. The van der Waals surface area contributed by atoms with E-state index in [0.29, 0.717) is 0 Å². The van der Waals surface area contributed by atoms with E-state index in [1.165, 1.54) is 11.1 Å². The fourth-order valence-electron chi connectivity index (χ4n) is 3.53. The lowest BCUT2D eigenvalue weighted by atomic mass is 9.70. The summed E-state index contributed by atoms with van der Waals surface area (Å²) in [6.45, 7) is 10.8. The van der Waals surface area contributed by atoms with Crippen LogP contribution in [0, 0.1) is 12.8 Å². The molecular weight excluding hydrogens is 234 g/mol. The molecule has 0 aliphatic carbocycles. The second kappa shape index (κ2) is 4.92. The van der Waals surface area contributed by atoms with Crippen molar-refractivity contribution < 1.29 is 5.11 Å². The second-order valence-electron chi connectivity index (χ2n) is 7.30. The Labute approximate surface area is 117 Å². The van der Waals surface area contributed by atoms with Crippen LogP contribution in [0.4, 0.5) is 0 Å². The van der Waals surface area contributed by atoms with E-state index < -0.39 is 0 Å². The molecule has 2 nitrogen and oxygen atoms in total. The zero-order valence-corrected chi connectivity index (χ0v) is 12.8. The smallest absolute Gasteiger partial charge is 0.0606 e. The summed E-state index contributed by atoms with van der Waals surface area (Å²) in [5.41, 5.74) is 2.55. The Balaban J connectivity index is 2.17. The zero-order chi connectivity index (χ0) is 14.3. The summed E-state index contributed by atoms with van der Waals surface area (Å²) in [7, 11) is 0. The maximum atomic E-state index is 10.5. The molecule has 0 spiro atoms. The van der Waals surface area contributed by atoms with Crippen molar-refractivity contribution in [2.45, 2.75) is 64.6 Å². The van der Waals surface area contributed by atoms with E-state index in [0.717, 1.165) is 12.8 Å². The molecule has 0 radical (unpaired) electrons. The Morgan fingerprint density at radius 2 is 1.74 bits per heavy atom. The van der Waals surface area contributed by atoms with Gasteiger partial charge in [0.15, 0.2) is 0 Å². The molecule has 1 fully saturated rings.